The normalized spacial score (nSPS) is 36.8. The quantitative estimate of drug-likeness (QED) is 0.725. The van der Waals surface area contributed by atoms with Crippen molar-refractivity contribution < 1.29 is 0 Å². The zero-order valence-corrected chi connectivity index (χ0v) is 9.34. The van der Waals surface area contributed by atoms with E-state index in [4.69, 9.17) is 0 Å². The number of nitrogens with one attached hydrogen (secondary N) is 2. The number of hydrogen-bond acceptors (Lipinski definition) is 3. The molecule has 4 fully saturated rings. The van der Waals surface area contributed by atoms with Gasteiger partial charge in [-0.1, -0.05) is 0 Å². The second kappa shape index (κ2) is 2.96. The summed E-state index contributed by atoms with van der Waals surface area (Å²) in [6.45, 7) is 2.15. The molecule has 0 aromatic heterocycles. The smallest absolute Gasteiger partial charge is 0.0792 e. The second-order valence-corrected chi connectivity index (χ2v) is 5.84. The second-order valence-electron chi connectivity index (χ2n) is 5.84. The van der Waals surface area contributed by atoms with Crippen molar-refractivity contribution in [1.82, 2.24) is 15.5 Å². The highest BCUT2D eigenvalue weighted by molar-refractivity contribution is 5.12. The minimum absolute atomic E-state index is 0.423. The fourth-order valence-electron chi connectivity index (χ4n) is 3.57. The van der Waals surface area contributed by atoms with Gasteiger partial charge in [-0.3, -0.25) is 15.5 Å². The van der Waals surface area contributed by atoms with Crippen LogP contribution in [0.25, 0.3) is 0 Å². The van der Waals surface area contributed by atoms with Gasteiger partial charge < -0.3 is 0 Å². The molecule has 0 aromatic carbocycles. The minimum Gasteiger partial charge on any atom is -0.292 e. The first-order valence-electron chi connectivity index (χ1n) is 6.64. The zero-order chi connectivity index (χ0) is 9.88. The molecule has 3 nitrogen and oxygen atoms in total. The van der Waals surface area contributed by atoms with Crippen LogP contribution in [-0.4, -0.2) is 29.9 Å². The molecule has 3 heteroatoms. The molecule has 4 aliphatic rings. The van der Waals surface area contributed by atoms with Crippen LogP contribution in [0.1, 0.15) is 38.5 Å². The van der Waals surface area contributed by atoms with Crippen LogP contribution in [0, 0.1) is 11.8 Å². The largest absolute Gasteiger partial charge is 0.292 e. The lowest BCUT2D eigenvalue weighted by Gasteiger charge is -2.49. The average Bonchev–Trinajstić information content (AvgIpc) is 3.20. The Morgan fingerprint density at radius 2 is 1.60 bits per heavy atom. The van der Waals surface area contributed by atoms with E-state index in [1.165, 1.54) is 38.5 Å². The minimum atomic E-state index is 0.423. The van der Waals surface area contributed by atoms with Crippen LogP contribution in [0.3, 0.4) is 0 Å². The van der Waals surface area contributed by atoms with Crippen LogP contribution in [0.4, 0.5) is 0 Å². The van der Waals surface area contributed by atoms with Gasteiger partial charge in [0.15, 0.2) is 0 Å². The molecule has 3 aliphatic carbocycles. The van der Waals surface area contributed by atoms with E-state index in [1.54, 1.807) is 0 Å². The Bertz CT molecular complexity index is 254. The molecule has 0 bridgehead atoms. The Kier molecular flexibility index (Phi) is 1.77. The van der Waals surface area contributed by atoms with Gasteiger partial charge in [-0.2, -0.15) is 0 Å². The zero-order valence-electron chi connectivity index (χ0n) is 9.34. The summed E-state index contributed by atoms with van der Waals surface area (Å²) in [6, 6.07) is 0.895. The Labute approximate surface area is 91.6 Å². The fraction of sp³-hybridized carbons (Fsp3) is 1.00. The highest BCUT2D eigenvalue weighted by Crippen LogP contribution is 2.55. The van der Waals surface area contributed by atoms with E-state index in [9.17, 15) is 0 Å². The van der Waals surface area contributed by atoms with Gasteiger partial charge in [0.1, 0.15) is 0 Å². The molecule has 1 saturated heterocycles. The highest BCUT2D eigenvalue weighted by Gasteiger charge is 2.60. The predicted molar refractivity (Wildman–Crippen MR) is 59.0 cm³/mol. The van der Waals surface area contributed by atoms with E-state index in [0.29, 0.717) is 5.66 Å². The summed E-state index contributed by atoms with van der Waals surface area (Å²) in [5, 5.41) is 7.33. The van der Waals surface area contributed by atoms with Gasteiger partial charge in [0.2, 0.25) is 0 Å². The molecule has 2 N–H and O–H groups in total. The van der Waals surface area contributed by atoms with E-state index in [1.807, 2.05) is 0 Å². The van der Waals surface area contributed by atoms with Crippen LogP contribution in [0.15, 0.2) is 0 Å². The lowest BCUT2D eigenvalue weighted by Crippen LogP contribution is -2.70. The van der Waals surface area contributed by atoms with E-state index >= 15 is 0 Å². The van der Waals surface area contributed by atoms with Crippen molar-refractivity contribution in [1.29, 1.82) is 0 Å². The molecule has 1 heterocycles. The summed E-state index contributed by atoms with van der Waals surface area (Å²) >= 11 is 0. The molecule has 0 spiro atoms. The van der Waals surface area contributed by atoms with Gasteiger partial charge in [-0.15, -0.1) is 0 Å². The SMILES string of the molecule is C1NCN(C2CC2)C(C2CC2)(C2CC2)N1. The molecule has 0 aromatic rings. The average molecular weight is 207 g/mol. The van der Waals surface area contributed by atoms with E-state index < -0.39 is 0 Å². The van der Waals surface area contributed by atoms with Gasteiger partial charge in [-0.25, -0.2) is 0 Å². The van der Waals surface area contributed by atoms with E-state index in [-0.39, 0.29) is 0 Å². The van der Waals surface area contributed by atoms with Crippen molar-refractivity contribution in [3.63, 3.8) is 0 Å². The molecular weight excluding hydrogens is 186 g/mol. The Morgan fingerprint density at radius 3 is 2.13 bits per heavy atom. The summed E-state index contributed by atoms with van der Waals surface area (Å²) in [4.78, 5) is 2.78. The molecule has 3 saturated carbocycles. The third kappa shape index (κ3) is 1.30. The van der Waals surface area contributed by atoms with E-state index in [0.717, 1.165) is 31.2 Å². The van der Waals surface area contributed by atoms with Crippen molar-refractivity contribution in [3.05, 3.63) is 0 Å². The molecule has 15 heavy (non-hydrogen) atoms. The number of nitrogens with zero attached hydrogens (tertiary/aromatic N) is 1. The van der Waals surface area contributed by atoms with Crippen LogP contribution < -0.4 is 10.6 Å². The summed E-state index contributed by atoms with van der Waals surface area (Å²) in [7, 11) is 0. The molecular formula is C12H21N3. The third-order valence-electron chi connectivity index (χ3n) is 4.64. The first-order chi connectivity index (χ1) is 7.41. The van der Waals surface area contributed by atoms with Gasteiger partial charge in [-0.05, 0) is 50.4 Å². The summed E-state index contributed by atoms with van der Waals surface area (Å²) in [5.74, 6) is 1.93. The first-order valence-corrected chi connectivity index (χ1v) is 6.64. The van der Waals surface area contributed by atoms with Gasteiger partial charge in [0, 0.05) is 12.7 Å². The lowest BCUT2D eigenvalue weighted by atomic mass is 9.94. The predicted octanol–water partition coefficient (Wildman–Crippen LogP) is 1.07. The number of hydrogen-bond donors (Lipinski definition) is 2. The molecule has 0 atom stereocenters. The maximum Gasteiger partial charge on any atom is 0.0792 e. The molecule has 1 aliphatic heterocycles. The van der Waals surface area contributed by atoms with Crippen molar-refractivity contribution in [2.75, 3.05) is 13.3 Å². The van der Waals surface area contributed by atoms with Crippen molar-refractivity contribution in [3.8, 4) is 0 Å². The van der Waals surface area contributed by atoms with Crippen LogP contribution in [0.2, 0.25) is 0 Å². The topological polar surface area (TPSA) is 27.3 Å². The van der Waals surface area contributed by atoms with Crippen molar-refractivity contribution in [2.45, 2.75) is 50.2 Å². The third-order valence-corrected chi connectivity index (χ3v) is 4.64. The Morgan fingerprint density at radius 1 is 0.933 bits per heavy atom. The molecule has 0 radical (unpaired) electrons. The van der Waals surface area contributed by atoms with E-state index in [2.05, 4.69) is 15.5 Å². The van der Waals surface area contributed by atoms with Gasteiger partial charge >= 0.3 is 0 Å². The molecule has 84 valence electrons. The maximum atomic E-state index is 3.84. The Balaban J connectivity index is 1.66. The van der Waals surface area contributed by atoms with Gasteiger partial charge in [0.05, 0.1) is 12.3 Å². The van der Waals surface area contributed by atoms with Crippen molar-refractivity contribution >= 4 is 0 Å². The Hall–Kier alpha value is -0.120. The molecule has 0 amide bonds. The fourth-order valence-corrected chi connectivity index (χ4v) is 3.57. The van der Waals surface area contributed by atoms with Crippen LogP contribution in [0.5, 0.6) is 0 Å². The van der Waals surface area contributed by atoms with Crippen molar-refractivity contribution in [2.24, 2.45) is 11.8 Å². The first kappa shape index (κ1) is 8.97. The monoisotopic (exact) mass is 207 g/mol. The summed E-state index contributed by atoms with van der Waals surface area (Å²) < 4.78 is 0. The van der Waals surface area contributed by atoms with Crippen LogP contribution in [-0.2, 0) is 0 Å². The molecule has 4 rings (SSSR count). The standard InChI is InChI=1S/C12H21N3/c1-2-9(1)12(10-3-4-10)14-7-13-8-15(12)11-5-6-11/h9-11,13-14H,1-8H2. The maximum absolute atomic E-state index is 3.84. The highest BCUT2D eigenvalue weighted by atomic mass is 15.5. The summed E-state index contributed by atoms with van der Waals surface area (Å²) in [5.41, 5.74) is 0.423. The van der Waals surface area contributed by atoms with Crippen LogP contribution >= 0.6 is 0 Å². The number of rotatable bonds is 3. The lowest BCUT2D eigenvalue weighted by molar-refractivity contribution is -0.0302. The molecule has 0 unspecified atom stereocenters. The summed E-state index contributed by atoms with van der Waals surface area (Å²) in [6.07, 6.45) is 8.73. The van der Waals surface area contributed by atoms with Gasteiger partial charge in [0.25, 0.3) is 0 Å².